The average molecular weight is 561 g/mol. The smallest absolute Gasteiger partial charge is 0.335 e. The van der Waals surface area contributed by atoms with E-state index < -0.39 is 5.97 Å². The molecule has 7 heteroatoms. The summed E-state index contributed by atoms with van der Waals surface area (Å²) in [5.74, 6) is 0.282. The van der Waals surface area contributed by atoms with E-state index in [4.69, 9.17) is 9.15 Å². The van der Waals surface area contributed by atoms with Crippen LogP contribution in [0.4, 0.5) is 5.82 Å². The number of carbonyl (C=O) groups is 2. The number of carboxylic acids is 1. The fraction of sp³-hybridized carbons (Fsp3) is 0.229. The van der Waals surface area contributed by atoms with Crippen LogP contribution < -0.4 is 4.90 Å². The van der Waals surface area contributed by atoms with Crippen molar-refractivity contribution < 1.29 is 23.8 Å². The van der Waals surface area contributed by atoms with E-state index in [9.17, 15) is 14.7 Å². The van der Waals surface area contributed by atoms with Crippen molar-refractivity contribution >= 4 is 28.5 Å². The summed E-state index contributed by atoms with van der Waals surface area (Å²) in [7, 11) is 0. The molecule has 1 aliphatic rings. The Bertz CT molecular complexity index is 1720. The number of Topliss-reactive ketones (excluding diaryl/α,β-unsaturated/α-hetero) is 1. The summed E-state index contributed by atoms with van der Waals surface area (Å²) in [4.78, 5) is 31.3. The van der Waals surface area contributed by atoms with E-state index in [-0.39, 0.29) is 23.9 Å². The lowest BCUT2D eigenvalue weighted by Gasteiger charge is -2.32. The minimum Gasteiger partial charge on any atom is -0.478 e. The second-order valence-electron chi connectivity index (χ2n) is 10.8. The maximum atomic E-state index is 13.2. The van der Waals surface area contributed by atoms with E-state index in [0.29, 0.717) is 18.0 Å². The van der Waals surface area contributed by atoms with Gasteiger partial charge in [0.05, 0.1) is 18.3 Å². The van der Waals surface area contributed by atoms with Crippen molar-refractivity contribution in [3.8, 4) is 11.1 Å². The zero-order valence-corrected chi connectivity index (χ0v) is 23.5. The third-order valence-corrected chi connectivity index (χ3v) is 7.90. The summed E-state index contributed by atoms with van der Waals surface area (Å²) >= 11 is 0. The van der Waals surface area contributed by atoms with E-state index in [2.05, 4.69) is 28.1 Å². The number of carboxylic acid groups (broad SMARTS) is 1. The quantitative estimate of drug-likeness (QED) is 0.192. The highest BCUT2D eigenvalue weighted by atomic mass is 16.5. The number of pyridine rings is 1. The molecule has 6 rings (SSSR count). The van der Waals surface area contributed by atoms with Crippen LogP contribution in [0.2, 0.25) is 0 Å². The van der Waals surface area contributed by atoms with Crippen molar-refractivity contribution in [2.45, 2.75) is 38.9 Å². The molecule has 0 bridgehead atoms. The van der Waals surface area contributed by atoms with Gasteiger partial charge in [-0.1, -0.05) is 54.6 Å². The molecule has 0 amide bonds. The van der Waals surface area contributed by atoms with Gasteiger partial charge in [-0.25, -0.2) is 9.78 Å². The van der Waals surface area contributed by atoms with Gasteiger partial charge in [-0.3, -0.25) is 4.79 Å². The largest absolute Gasteiger partial charge is 0.478 e. The van der Waals surface area contributed by atoms with Gasteiger partial charge in [-0.15, -0.1) is 0 Å². The van der Waals surface area contributed by atoms with E-state index in [0.717, 1.165) is 65.0 Å². The van der Waals surface area contributed by atoms with Crippen molar-refractivity contribution in [1.82, 2.24) is 4.98 Å². The molecule has 5 aromatic rings. The maximum absolute atomic E-state index is 13.2. The number of nitrogens with zero attached hydrogens (tertiary/aromatic N) is 2. The highest BCUT2D eigenvalue weighted by Gasteiger charge is 2.22. The highest BCUT2D eigenvalue weighted by molar-refractivity contribution is 6.02. The van der Waals surface area contributed by atoms with Gasteiger partial charge in [-0.2, -0.15) is 0 Å². The summed E-state index contributed by atoms with van der Waals surface area (Å²) in [6.07, 6.45) is 3.83. The van der Waals surface area contributed by atoms with Crippen molar-refractivity contribution in [3.05, 3.63) is 119 Å². The number of furan rings is 1. The molecule has 2 aromatic heterocycles. The Hall–Kier alpha value is -4.75. The number of carbonyl (C=O) groups excluding carboxylic acids is 1. The molecule has 0 unspecified atom stereocenters. The van der Waals surface area contributed by atoms with Crippen LogP contribution in [0.25, 0.3) is 22.1 Å². The maximum Gasteiger partial charge on any atom is 0.335 e. The molecule has 0 atom stereocenters. The second-order valence-corrected chi connectivity index (χ2v) is 10.8. The van der Waals surface area contributed by atoms with Crippen molar-refractivity contribution in [2.24, 2.45) is 0 Å². The number of piperidine rings is 1. The van der Waals surface area contributed by atoms with Gasteiger partial charge in [0.2, 0.25) is 5.78 Å². The van der Waals surface area contributed by atoms with Crippen LogP contribution >= 0.6 is 0 Å². The van der Waals surface area contributed by atoms with Crippen LogP contribution in [-0.4, -0.2) is 41.0 Å². The second kappa shape index (κ2) is 12.0. The fourth-order valence-corrected chi connectivity index (χ4v) is 5.53. The molecule has 212 valence electrons. The predicted molar refractivity (Wildman–Crippen MR) is 162 cm³/mol. The molecule has 1 saturated heterocycles. The number of ether oxygens (including phenoxy) is 1. The molecule has 0 aliphatic carbocycles. The summed E-state index contributed by atoms with van der Waals surface area (Å²) in [6.45, 7) is 3.96. The normalized spacial score (nSPS) is 13.9. The van der Waals surface area contributed by atoms with Crippen LogP contribution in [0.15, 0.2) is 95.5 Å². The van der Waals surface area contributed by atoms with E-state index in [1.807, 2.05) is 55.5 Å². The van der Waals surface area contributed by atoms with Gasteiger partial charge in [0.1, 0.15) is 11.4 Å². The highest BCUT2D eigenvalue weighted by Crippen LogP contribution is 2.31. The Morgan fingerprint density at radius 3 is 2.48 bits per heavy atom. The number of hydrogen-bond donors (Lipinski definition) is 1. The molecule has 3 aromatic carbocycles. The zero-order chi connectivity index (χ0) is 29.1. The Morgan fingerprint density at radius 1 is 0.929 bits per heavy atom. The average Bonchev–Trinajstić information content (AvgIpc) is 3.37. The van der Waals surface area contributed by atoms with Crippen LogP contribution in [0.1, 0.15) is 50.4 Å². The SMILES string of the molecule is Cc1c(C(=O)Cc2ccc(N3CCC(OCc4cccc(C(=O)O)c4)CC3)nc2)oc2ccc(-c3ccccc3)cc12. The topological polar surface area (TPSA) is 92.9 Å². The Labute approximate surface area is 244 Å². The van der Waals surface area contributed by atoms with E-state index in [1.165, 1.54) is 0 Å². The Balaban J connectivity index is 1.04. The van der Waals surface area contributed by atoms with Gasteiger partial charge in [0, 0.05) is 36.7 Å². The minimum absolute atomic E-state index is 0.0636. The molecule has 42 heavy (non-hydrogen) atoms. The summed E-state index contributed by atoms with van der Waals surface area (Å²) < 4.78 is 12.1. The zero-order valence-electron chi connectivity index (χ0n) is 23.5. The number of benzene rings is 3. The van der Waals surface area contributed by atoms with Gasteiger partial charge in [0.15, 0.2) is 5.76 Å². The molecule has 7 nitrogen and oxygen atoms in total. The first kappa shape index (κ1) is 27.4. The van der Waals surface area contributed by atoms with Crippen molar-refractivity contribution in [2.75, 3.05) is 18.0 Å². The number of aromatic nitrogens is 1. The number of ketones is 1. The van der Waals surface area contributed by atoms with Crippen LogP contribution in [0.3, 0.4) is 0 Å². The Kier molecular flexibility index (Phi) is 7.84. The summed E-state index contributed by atoms with van der Waals surface area (Å²) in [6, 6.07) is 27.0. The molecule has 3 heterocycles. The Morgan fingerprint density at radius 2 is 1.74 bits per heavy atom. The van der Waals surface area contributed by atoms with E-state index >= 15 is 0 Å². The lowest BCUT2D eigenvalue weighted by molar-refractivity contribution is 0.0250. The van der Waals surface area contributed by atoms with Crippen molar-refractivity contribution in [3.63, 3.8) is 0 Å². The van der Waals surface area contributed by atoms with Gasteiger partial charge < -0.3 is 19.2 Å². The molecule has 0 spiro atoms. The van der Waals surface area contributed by atoms with Gasteiger partial charge in [-0.05, 0) is 72.4 Å². The third kappa shape index (κ3) is 5.97. The first-order chi connectivity index (χ1) is 20.4. The summed E-state index contributed by atoms with van der Waals surface area (Å²) in [5.41, 5.74) is 5.76. The molecule has 1 N–H and O–H groups in total. The molecular formula is C35H32N2O5. The lowest BCUT2D eigenvalue weighted by atomic mass is 10.0. The fourth-order valence-electron chi connectivity index (χ4n) is 5.53. The van der Waals surface area contributed by atoms with Crippen LogP contribution in [-0.2, 0) is 17.8 Å². The first-order valence-electron chi connectivity index (χ1n) is 14.2. The molecule has 0 radical (unpaired) electrons. The number of aryl methyl sites for hydroxylation is 1. The number of aromatic carboxylic acids is 1. The number of rotatable bonds is 9. The van der Waals surface area contributed by atoms with Crippen molar-refractivity contribution in [1.29, 1.82) is 0 Å². The van der Waals surface area contributed by atoms with Gasteiger partial charge in [0.25, 0.3) is 0 Å². The van der Waals surface area contributed by atoms with Gasteiger partial charge >= 0.3 is 5.97 Å². The monoisotopic (exact) mass is 560 g/mol. The van der Waals surface area contributed by atoms with Crippen LogP contribution in [0.5, 0.6) is 0 Å². The lowest BCUT2D eigenvalue weighted by Crippen LogP contribution is -2.37. The number of fused-ring (bicyclic) bond motifs is 1. The first-order valence-corrected chi connectivity index (χ1v) is 14.2. The number of anilines is 1. The van der Waals surface area contributed by atoms with Crippen LogP contribution in [0, 0.1) is 6.92 Å². The standard InChI is InChI=1S/C35H32N2O5/c1-23-30-20-27(26-7-3-2-4-8-26)11-12-32(30)42-34(23)31(38)19-24-10-13-33(36-21-24)37-16-14-29(15-17-37)41-22-25-6-5-9-28(18-25)35(39)40/h2-13,18,20-21,29H,14-17,19,22H2,1H3,(H,39,40). The molecule has 0 saturated carbocycles. The third-order valence-electron chi connectivity index (χ3n) is 7.90. The molecule has 1 fully saturated rings. The predicted octanol–water partition coefficient (Wildman–Crippen LogP) is 7.11. The number of hydrogen-bond acceptors (Lipinski definition) is 6. The summed E-state index contributed by atoms with van der Waals surface area (Å²) in [5, 5.41) is 10.1. The molecule has 1 aliphatic heterocycles. The van der Waals surface area contributed by atoms with E-state index in [1.54, 1.807) is 24.4 Å². The molecular weight excluding hydrogens is 528 g/mol. The minimum atomic E-state index is -0.935.